The predicted molar refractivity (Wildman–Crippen MR) is 98.9 cm³/mol. The van der Waals surface area contributed by atoms with Crippen LogP contribution in [0.4, 0.5) is 11.4 Å². The molecule has 2 rings (SSSR count). The molecule has 0 saturated carbocycles. The first-order valence-electron chi connectivity index (χ1n) is 7.89. The van der Waals surface area contributed by atoms with Crippen LogP contribution in [0.1, 0.15) is 23.6 Å². The molecule has 0 aliphatic heterocycles. The van der Waals surface area contributed by atoms with E-state index in [2.05, 4.69) is 23.5 Å². The van der Waals surface area contributed by atoms with Crippen molar-refractivity contribution in [1.82, 2.24) is 0 Å². The van der Waals surface area contributed by atoms with Crippen LogP contribution in [0.3, 0.4) is 0 Å². The summed E-state index contributed by atoms with van der Waals surface area (Å²) in [6, 6.07) is 10.4. The maximum atomic E-state index is 11.8. The van der Waals surface area contributed by atoms with Crippen molar-refractivity contribution < 1.29 is 13.3 Å². The molecule has 2 aromatic carbocycles. The predicted octanol–water partition coefficient (Wildman–Crippen LogP) is 3.66. The summed E-state index contributed by atoms with van der Waals surface area (Å²) >= 11 is 0. The van der Waals surface area contributed by atoms with E-state index < -0.39 is 20.4 Å². The molecule has 25 heavy (non-hydrogen) atoms. The zero-order valence-electron chi connectivity index (χ0n) is 14.7. The van der Waals surface area contributed by atoms with Gasteiger partial charge in [0.15, 0.2) is 9.84 Å². The Morgan fingerprint density at radius 2 is 1.76 bits per heavy atom. The van der Waals surface area contributed by atoms with Gasteiger partial charge in [-0.3, -0.25) is 10.1 Å². The van der Waals surface area contributed by atoms with Gasteiger partial charge in [-0.25, -0.2) is 8.42 Å². The number of anilines is 1. The molecule has 0 heterocycles. The van der Waals surface area contributed by atoms with E-state index in [9.17, 15) is 18.5 Å². The van der Waals surface area contributed by atoms with Crippen LogP contribution in [-0.4, -0.2) is 25.6 Å². The van der Waals surface area contributed by atoms with Gasteiger partial charge < -0.3 is 5.32 Å². The minimum absolute atomic E-state index is 0.102. The third-order valence-corrected chi connectivity index (χ3v) is 4.93. The molecule has 0 aromatic heterocycles. The van der Waals surface area contributed by atoms with Crippen LogP contribution in [0.5, 0.6) is 0 Å². The summed E-state index contributed by atoms with van der Waals surface area (Å²) in [7, 11) is -3.69. The second-order valence-electron chi connectivity index (χ2n) is 6.43. The topological polar surface area (TPSA) is 89.3 Å². The van der Waals surface area contributed by atoms with Gasteiger partial charge in [0.05, 0.1) is 4.92 Å². The van der Waals surface area contributed by atoms with Crippen LogP contribution in [-0.2, 0) is 16.3 Å². The van der Waals surface area contributed by atoms with Crippen molar-refractivity contribution in [2.45, 2.75) is 38.1 Å². The Balaban J connectivity index is 2.32. The number of nitro benzene ring substituents is 1. The summed E-state index contributed by atoms with van der Waals surface area (Å²) < 4.78 is 23.7. The first kappa shape index (κ1) is 18.9. The molecular weight excluding hydrogens is 340 g/mol. The van der Waals surface area contributed by atoms with E-state index in [4.69, 9.17) is 0 Å². The number of para-hydroxylation sites is 1. The van der Waals surface area contributed by atoms with Gasteiger partial charge in [0, 0.05) is 12.3 Å². The van der Waals surface area contributed by atoms with Gasteiger partial charge >= 0.3 is 5.69 Å². The third-order valence-electron chi connectivity index (χ3n) is 3.81. The Labute approximate surface area is 148 Å². The van der Waals surface area contributed by atoms with E-state index in [0.717, 1.165) is 22.9 Å². The van der Waals surface area contributed by atoms with Crippen molar-refractivity contribution in [1.29, 1.82) is 0 Å². The largest absolute Gasteiger partial charge is 0.377 e. The number of nitro groups is 1. The lowest BCUT2D eigenvalue weighted by molar-refractivity contribution is -0.386. The normalized spacial score (nSPS) is 12.6. The minimum Gasteiger partial charge on any atom is -0.377 e. The Morgan fingerprint density at radius 3 is 2.28 bits per heavy atom. The van der Waals surface area contributed by atoms with Crippen molar-refractivity contribution in [2.24, 2.45) is 0 Å². The monoisotopic (exact) mass is 362 g/mol. The molecule has 0 spiro atoms. The van der Waals surface area contributed by atoms with Crippen LogP contribution < -0.4 is 5.32 Å². The van der Waals surface area contributed by atoms with Crippen LogP contribution in [0, 0.1) is 24.0 Å². The van der Waals surface area contributed by atoms with Crippen LogP contribution in [0.15, 0.2) is 41.3 Å². The maximum Gasteiger partial charge on any atom is 0.310 e. The molecule has 0 saturated heterocycles. The molecule has 6 nitrogen and oxygen atoms in total. The second kappa shape index (κ2) is 7.23. The van der Waals surface area contributed by atoms with E-state index in [1.165, 1.54) is 18.2 Å². The Kier molecular flexibility index (Phi) is 5.47. The van der Waals surface area contributed by atoms with E-state index >= 15 is 0 Å². The van der Waals surface area contributed by atoms with E-state index in [1.807, 2.05) is 20.8 Å². The smallest absolute Gasteiger partial charge is 0.310 e. The summed E-state index contributed by atoms with van der Waals surface area (Å²) in [6.07, 6.45) is 1.64. The average molecular weight is 362 g/mol. The molecule has 0 radical (unpaired) electrons. The summed E-state index contributed by atoms with van der Waals surface area (Å²) in [5.41, 5.74) is 3.25. The van der Waals surface area contributed by atoms with E-state index in [1.54, 1.807) is 0 Å². The maximum absolute atomic E-state index is 11.8. The van der Waals surface area contributed by atoms with Crippen molar-refractivity contribution in [3.8, 4) is 0 Å². The highest BCUT2D eigenvalue weighted by Crippen LogP contribution is 2.32. The standard InChI is InChI=1S/C18H22N2O4S/c1-12-8-13(2)10-15(9-12)11-14(3)19-16-6-5-7-17(25(4,23)24)18(16)20(21)22/h5-10,14,19H,11H2,1-4H3. The van der Waals surface area contributed by atoms with Crippen molar-refractivity contribution in [3.63, 3.8) is 0 Å². The highest BCUT2D eigenvalue weighted by atomic mass is 32.2. The number of hydrogen-bond donors (Lipinski definition) is 1. The van der Waals surface area contributed by atoms with Crippen molar-refractivity contribution in [2.75, 3.05) is 11.6 Å². The first-order valence-corrected chi connectivity index (χ1v) is 9.78. The molecule has 7 heteroatoms. The zero-order valence-corrected chi connectivity index (χ0v) is 15.6. The lowest BCUT2D eigenvalue weighted by Crippen LogP contribution is -2.19. The SMILES string of the molecule is Cc1cc(C)cc(CC(C)Nc2cccc(S(C)(=O)=O)c2[N+](=O)[O-])c1. The fraction of sp³-hybridized carbons (Fsp3) is 0.333. The van der Waals surface area contributed by atoms with Crippen LogP contribution in [0.2, 0.25) is 0 Å². The lowest BCUT2D eigenvalue weighted by atomic mass is 10.0. The Bertz CT molecular complexity index is 887. The molecule has 1 N–H and O–H groups in total. The Hall–Kier alpha value is -2.41. The van der Waals surface area contributed by atoms with Gasteiger partial charge in [-0.05, 0) is 44.9 Å². The summed E-state index contributed by atoms with van der Waals surface area (Å²) in [4.78, 5) is 10.5. The van der Waals surface area contributed by atoms with Gasteiger partial charge in [-0.15, -0.1) is 0 Å². The molecule has 2 aromatic rings. The quantitative estimate of drug-likeness (QED) is 0.626. The number of nitrogens with zero attached hydrogens (tertiary/aromatic N) is 1. The van der Waals surface area contributed by atoms with Crippen LogP contribution in [0.25, 0.3) is 0 Å². The zero-order chi connectivity index (χ0) is 18.8. The number of nitrogens with one attached hydrogen (secondary N) is 1. The number of rotatable bonds is 6. The molecule has 134 valence electrons. The molecule has 0 amide bonds. The second-order valence-corrected chi connectivity index (χ2v) is 8.41. The summed E-state index contributed by atoms with van der Waals surface area (Å²) in [6.45, 7) is 5.96. The van der Waals surface area contributed by atoms with Gasteiger partial charge in [-0.2, -0.15) is 0 Å². The van der Waals surface area contributed by atoms with Crippen LogP contribution >= 0.6 is 0 Å². The molecule has 1 atom stereocenters. The van der Waals surface area contributed by atoms with E-state index in [-0.39, 0.29) is 16.6 Å². The average Bonchev–Trinajstić information content (AvgIpc) is 2.44. The molecule has 0 bridgehead atoms. The van der Waals surface area contributed by atoms with Crippen molar-refractivity contribution in [3.05, 3.63) is 63.2 Å². The number of benzene rings is 2. The number of sulfone groups is 1. The molecular formula is C18H22N2O4S. The van der Waals surface area contributed by atoms with Gasteiger partial charge in [0.25, 0.3) is 0 Å². The molecule has 0 aliphatic carbocycles. The van der Waals surface area contributed by atoms with Gasteiger partial charge in [-0.1, -0.05) is 35.4 Å². The Morgan fingerprint density at radius 1 is 1.16 bits per heavy atom. The number of hydrogen-bond acceptors (Lipinski definition) is 5. The molecule has 1 unspecified atom stereocenters. The fourth-order valence-electron chi connectivity index (χ4n) is 2.98. The lowest BCUT2D eigenvalue weighted by Gasteiger charge is -2.17. The molecule has 0 aliphatic rings. The minimum atomic E-state index is -3.69. The van der Waals surface area contributed by atoms with Crippen molar-refractivity contribution >= 4 is 21.2 Å². The van der Waals surface area contributed by atoms with Gasteiger partial charge in [0.1, 0.15) is 10.6 Å². The highest BCUT2D eigenvalue weighted by molar-refractivity contribution is 7.90. The first-order chi connectivity index (χ1) is 11.6. The molecule has 0 fully saturated rings. The highest BCUT2D eigenvalue weighted by Gasteiger charge is 2.26. The van der Waals surface area contributed by atoms with Gasteiger partial charge in [0.2, 0.25) is 0 Å². The summed E-state index contributed by atoms with van der Waals surface area (Å²) in [5, 5.41) is 14.5. The fourth-order valence-corrected chi connectivity index (χ4v) is 3.84. The third kappa shape index (κ3) is 4.79. The number of aryl methyl sites for hydroxylation is 2. The van der Waals surface area contributed by atoms with E-state index in [0.29, 0.717) is 6.42 Å². The summed E-state index contributed by atoms with van der Waals surface area (Å²) in [5.74, 6) is 0.